The molecule has 108 valence electrons. The Labute approximate surface area is 118 Å². The van der Waals surface area contributed by atoms with Crippen molar-refractivity contribution in [2.75, 3.05) is 38.8 Å². The van der Waals surface area contributed by atoms with Gasteiger partial charge in [0.1, 0.15) is 5.82 Å². The zero-order chi connectivity index (χ0) is 15.0. The molecule has 0 aliphatic heterocycles. The van der Waals surface area contributed by atoms with Crippen LogP contribution in [0.2, 0.25) is 0 Å². The summed E-state index contributed by atoms with van der Waals surface area (Å²) in [5.74, 6) is 0.0222. The van der Waals surface area contributed by atoms with Gasteiger partial charge in [-0.25, -0.2) is 14.8 Å². The van der Waals surface area contributed by atoms with Gasteiger partial charge in [-0.3, -0.25) is 0 Å². The van der Waals surface area contributed by atoms with Crippen LogP contribution in [0.4, 0.5) is 5.82 Å². The van der Waals surface area contributed by atoms with E-state index in [0.717, 1.165) is 0 Å². The minimum absolute atomic E-state index is 0.0156. The highest BCUT2D eigenvalue weighted by Crippen LogP contribution is 2.13. The summed E-state index contributed by atoms with van der Waals surface area (Å²) in [6.07, 6.45) is 0.361. The number of esters is 1. The van der Waals surface area contributed by atoms with Gasteiger partial charge in [0.2, 0.25) is 5.82 Å². The van der Waals surface area contributed by atoms with Crippen molar-refractivity contribution in [3.63, 3.8) is 0 Å². The van der Waals surface area contributed by atoms with Gasteiger partial charge in [-0.15, -0.1) is 0 Å². The van der Waals surface area contributed by atoms with Crippen LogP contribution in [0.3, 0.4) is 0 Å². The number of carbonyl (C=O) groups excluding carboxylic acids is 1. The number of aromatic nitrogens is 2. The van der Waals surface area contributed by atoms with Gasteiger partial charge in [0.05, 0.1) is 26.2 Å². The van der Waals surface area contributed by atoms with Gasteiger partial charge in [0.25, 0.3) is 0 Å². The molecule has 0 spiro atoms. The summed E-state index contributed by atoms with van der Waals surface area (Å²) in [6, 6.07) is 3.85. The minimum atomic E-state index is -0.582. The van der Waals surface area contributed by atoms with Crippen LogP contribution in [0.5, 0.6) is 0 Å². The lowest BCUT2D eigenvalue weighted by molar-refractivity contribution is 0.0586. The Hall–Kier alpha value is -2.20. The van der Waals surface area contributed by atoms with Gasteiger partial charge in [-0.2, -0.15) is 5.26 Å². The highest BCUT2D eigenvalue weighted by molar-refractivity contribution is 5.85. The predicted octanol–water partition coefficient (Wildman–Crippen LogP) is 0.938. The van der Waals surface area contributed by atoms with E-state index in [-0.39, 0.29) is 5.82 Å². The van der Waals surface area contributed by atoms with Crippen molar-refractivity contribution < 1.29 is 14.3 Å². The maximum Gasteiger partial charge on any atom is 0.376 e. The fraction of sp³-hybridized carbons (Fsp3) is 0.538. The number of aryl methyl sites for hydroxylation is 1. The number of methoxy groups -OCH3 is 2. The normalized spacial score (nSPS) is 9.90. The summed E-state index contributed by atoms with van der Waals surface area (Å²) >= 11 is 0. The molecule has 0 N–H and O–H groups in total. The number of hydrogen-bond acceptors (Lipinski definition) is 7. The Morgan fingerprint density at radius 2 is 2.15 bits per heavy atom. The predicted molar refractivity (Wildman–Crippen MR) is 72.4 cm³/mol. The molecule has 0 aliphatic carbocycles. The molecule has 0 aliphatic rings. The molecule has 0 radical (unpaired) electrons. The highest BCUT2D eigenvalue weighted by Gasteiger charge is 2.15. The largest absolute Gasteiger partial charge is 0.463 e. The fourth-order valence-corrected chi connectivity index (χ4v) is 1.62. The second kappa shape index (κ2) is 8.07. The van der Waals surface area contributed by atoms with Gasteiger partial charge in [0.15, 0.2) is 0 Å². The summed E-state index contributed by atoms with van der Waals surface area (Å²) in [6.45, 7) is 3.37. The van der Waals surface area contributed by atoms with E-state index in [1.807, 2.05) is 4.90 Å². The van der Waals surface area contributed by atoms with Crippen LogP contribution in [-0.4, -0.2) is 49.9 Å². The monoisotopic (exact) mass is 278 g/mol. The maximum atomic E-state index is 11.5. The van der Waals surface area contributed by atoms with Gasteiger partial charge in [0, 0.05) is 32.0 Å². The quantitative estimate of drug-likeness (QED) is 0.686. The Morgan fingerprint density at radius 3 is 2.75 bits per heavy atom. The van der Waals surface area contributed by atoms with E-state index < -0.39 is 5.97 Å². The number of rotatable bonds is 7. The van der Waals surface area contributed by atoms with Crippen molar-refractivity contribution >= 4 is 11.8 Å². The molecule has 1 heterocycles. The summed E-state index contributed by atoms with van der Waals surface area (Å²) < 4.78 is 9.67. The Bertz CT molecular complexity index is 499. The fourth-order valence-electron chi connectivity index (χ4n) is 1.62. The summed E-state index contributed by atoms with van der Waals surface area (Å²) in [4.78, 5) is 21.6. The lowest BCUT2D eigenvalue weighted by Crippen LogP contribution is -2.30. The first-order valence-corrected chi connectivity index (χ1v) is 6.17. The molecule has 0 unspecified atom stereocenters. The third-order valence-electron chi connectivity index (χ3n) is 2.59. The molecule has 0 saturated heterocycles. The zero-order valence-corrected chi connectivity index (χ0v) is 11.9. The van der Waals surface area contributed by atoms with Gasteiger partial charge in [-0.1, -0.05) is 0 Å². The third kappa shape index (κ3) is 4.48. The SMILES string of the molecule is COCCN(CCC#N)c1cc(C)nc(C(=O)OC)n1. The Morgan fingerprint density at radius 1 is 1.40 bits per heavy atom. The van der Waals surface area contributed by atoms with Crippen molar-refractivity contribution in [1.82, 2.24) is 9.97 Å². The van der Waals surface area contributed by atoms with E-state index >= 15 is 0 Å². The molecule has 0 aromatic carbocycles. The van der Waals surface area contributed by atoms with E-state index in [4.69, 9.17) is 10.00 Å². The molecular weight excluding hydrogens is 260 g/mol. The molecule has 1 rings (SSSR count). The number of ether oxygens (including phenoxy) is 2. The van der Waals surface area contributed by atoms with Crippen LogP contribution >= 0.6 is 0 Å². The van der Waals surface area contributed by atoms with Gasteiger partial charge in [-0.05, 0) is 6.92 Å². The van der Waals surface area contributed by atoms with Crippen molar-refractivity contribution in [3.05, 3.63) is 17.6 Å². The van der Waals surface area contributed by atoms with Gasteiger partial charge >= 0.3 is 5.97 Å². The lowest BCUT2D eigenvalue weighted by Gasteiger charge is -2.22. The average Bonchev–Trinajstić information content (AvgIpc) is 2.45. The summed E-state index contributed by atoms with van der Waals surface area (Å²) in [7, 11) is 2.89. The molecule has 1 aromatic heterocycles. The van der Waals surface area contributed by atoms with Crippen molar-refractivity contribution in [3.8, 4) is 6.07 Å². The number of nitriles is 1. The molecule has 1 aromatic rings. The summed E-state index contributed by atoms with van der Waals surface area (Å²) in [5, 5.41) is 8.71. The summed E-state index contributed by atoms with van der Waals surface area (Å²) in [5.41, 5.74) is 0.662. The number of nitrogens with zero attached hydrogens (tertiary/aromatic N) is 4. The zero-order valence-electron chi connectivity index (χ0n) is 11.9. The number of anilines is 1. The van der Waals surface area contributed by atoms with Crippen LogP contribution in [0.25, 0.3) is 0 Å². The van der Waals surface area contributed by atoms with Gasteiger partial charge < -0.3 is 14.4 Å². The molecule has 20 heavy (non-hydrogen) atoms. The van der Waals surface area contributed by atoms with E-state index in [0.29, 0.717) is 37.6 Å². The second-order valence-electron chi connectivity index (χ2n) is 4.07. The van der Waals surface area contributed by atoms with E-state index in [9.17, 15) is 4.79 Å². The van der Waals surface area contributed by atoms with Crippen LogP contribution in [0.15, 0.2) is 6.07 Å². The average molecular weight is 278 g/mol. The molecule has 7 heteroatoms. The third-order valence-corrected chi connectivity index (χ3v) is 2.59. The van der Waals surface area contributed by atoms with Crippen LogP contribution in [-0.2, 0) is 9.47 Å². The molecule has 0 saturated carbocycles. The maximum absolute atomic E-state index is 11.5. The first-order valence-electron chi connectivity index (χ1n) is 6.17. The topological polar surface area (TPSA) is 88.3 Å². The van der Waals surface area contributed by atoms with Crippen molar-refractivity contribution in [2.24, 2.45) is 0 Å². The van der Waals surface area contributed by atoms with E-state index in [1.165, 1.54) is 7.11 Å². The Balaban J connectivity index is 3.02. The highest BCUT2D eigenvalue weighted by atomic mass is 16.5. The van der Waals surface area contributed by atoms with Crippen LogP contribution in [0.1, 0.15) is 22.7 Å². The van der Waals surface area contributed by atoms with E-state index in [1.54, 1.807) is 20.1 Å². The standard InChI is InChI=1S/C13H18N4O3/c1-10-9-11(16-12(15-10)13(18)20-3)17(6-4-5-14)7-8-19-2/h9H,4,6-8H2,1-3H3. The Kier molecular flexibility index (Phi) is 6.40. The smallest absolute Gasteiger partial charge is 0.376 e. The van der Waals surface area contributed by atoms with Crippen molar-refractivity contribution in [1.29, 1.82) is 5.26 Å². The molecule has 7 nitrogen and oxygen atoms in total. The number of hydrogen-bond donors (Lipinski definition) is 0. The van der Waals surface area contributed by atoms with Crippen LogP contribution in [0, 0.1) is 18.3 Å². The second-order valence-corrected chi connectivity index (χ2v) is 4.07. The first kappa shape index (κ1) is 15.9. The minimum Gasteiger partial charge on any atom is -0.463 e. The first-order chi connectivity index (χ1) is 9.62. The van der Waals surface area contributed by atoms with Crippen molar-refractivity contribution in [2.45, 2.75) is 13.3 Å². The number of carbonyl (C=O) groups is 1. The molecule has 0 atom stereocenters. The molecular formula is C13H18N4O3. The lowest BCUT2D eigenvalue weighted by atomic mass is 10.3. The van der Waals surface area contributed by atoms with Crippen LogP contribution < -0.4 is 4.90 Å². The van der Waals surface area contributed by atoms with E-state index in [2.05, 4.69) is 20.8 Å². The molecule has 0 amide bonds. The molecule has 0 fully saturated rings. The molecule has 0 bridgehead atoms.